The van der Waals surface area contributed by atoms with Gasteiger partial charge in [-0.1, -0.05) is 25.5 Å². The molecule has 1 rings (SSSR count). The van der Waals surface area contributed by atoms with E-state index in [9.17, 15) is 0 Å². The van der Waals surface area contributed by atoms with Crippen molar-refractivity contribution in [3.05, 3.63) is 11.6 Å². The van der Waals surface area contributed by atoms with Gasteiger partial charge in [0, 0.05) is 0 Å². The van der Waals surface area contributed by atoms with Crippen molar-refractivity contribution >= 4 is 0 Å². The summed E-state index contributed by atoms with van der Waals surface area (Å²) in [4.78, 5) is 0. The van der Waals surface area contributed by atoms with Gasteiger partial charge in [0.25, 0.3) is 0 Å². The lowest BCUT2D eigenvalue weighted by Gasteiger charge is -2.19. The van der Waals surface area contributed by atoms with Crippen molar-refractivity contribution in [3.63, 3.8) is 0 Å². The van der Waals surface area contributed by atoms with Crippen LogP contribution in [0, 0.1) is 5.41 Å². The van der Waals surface area contributed by atoms with E-state index in [1.54, 1.807) is 5.57 Å². The number of nitrogens with two attached hydrogens (primary N) is 1. The van der Waals surface area contributed by atoms with Gasteiger partial charge in [-0.3, -0.25) is 0 Å². The van der Waals surface area contributed by atoms with E-state index in [1.807, 2.05) is 0 Å². The Kier molecular flexibility index (Phi) is 2.72. The van der Waals surface area contributed by atoms with Crippen LogP contribution in [0.25, 0.3) is 0 Å². The first-order chi connectivity index (χ1) is 5.17. The Labute approximate surface area is 69.7 Å². The maximum atomic E-state index is 5.45. The molecular weight excluding hydrogens is 134 g/mol. The highest BCUT2D eigenvalue weighted by molar-refractivity contribution is 5.16. The lowest BCUT2D eigenvalue weighted by Crippen LogP contribution is -2.07. The van der Waals surface area contributed by atoms with Crippen molar-refractivity contribution in [3.8, 4) is 0 Å². The first kappa shape index (κ1) is 8.79. The molecule has 0 unspecified atom stereocenters. The first-order valence-electron chi connectivity index (χ1n) is 4.56. The second-order valence-corrected chi connectivity index (χ2v) is 4.04. The second kappa shape index (κ2) is 3.40. The van der Waals surface area contributed by atoms with E-state index in [-0.39, 0.29) is 0 Å². The van der Waals surface area contributed by atoms with Gasteiger partial charge < -0.3 is 5.73 Å². The topological polar surface area (TPSA) is 26.0 Å². The van der Waals surface area contributed by atoms with Crippen molar-refractivity contribution in [1.82, 2.24) is 0 Å². The molecule has 0 aromatic carbocycles. The fraction of sp³-hybridized carbons (Fsp3) is 0.800. The van der Waals surface area contributed by atoms with Gasteiger partial charge in [0.1, 0.15) is 0 Å². The van der Waals surface area contributed by atoms with Crippen LogP contribution in [-0.4, -0.2) is 6.54 Å². The standard InChI is InChI=1S/C10H19N/c1-10(2)7-3-5-9(10)6-4-8-11/h6H,3-5,7-8,11H2,1-2H3. The summed E-state index contributed by atoms with van der Waals surface area (Å²) in [5.41, 5.74) is 7.55. The molecular formula is C10H19N. The molecule has 0 atom stereocenters. The fourth-order valence-corrected chi connectivity index (χ4v) is 1.86. The first-order valence-corrected chi connectivity index (χ1v) is 4.56. The quantitative estimate of drug-likeness (QED) is 0.606. The Hall–Kier alpha value is -0.300. The molecule has 64 valence electrons. The minimum atomic E-state index is 0.467. The molecule has 0 saturated heterocycles. The normalized spacial score (nSPS) is 26.3. The molecule has 0 amide bonds. The molecule has 0 heterocycles. The van der Waals surface area contributed by atoms with Gasteiger partial charge in [-0.15, -0.1) is 0 Å². The summed E-state index contributed by atoms with van der Waals surface area (Å²) < 4.78 is 0. The zero-order chi connectivity index (χ0) is 8.32. The highest BCUT2D eigenvalue weighted by Gasteiger charge is 2.27. The second-order valence-electron chi connectivity index (χ2n) is 4.04. The van der Waals surface area contributed by atoms with Gasteiger partial charge in [-0.2, -0.15) is 0 Å². The third-order valence-electron chi connectivity index (χ3n) is 2.67. The molecule has 1 nitrogen and oxygen atoms in total. The average Bonchev–Trinajstić information content (AvgIpc) is 2.25. The smallest absolute Gasteiger partial charge is 0.00425 e. The van der Waals surface area contributed by atoms with Crippen LogP contribution in [0.5, 0.6) is 0 Å². The van der Waals surface area contributed by atoms with E-state index >= 15 is 0 Å². The molecule has 1 saturated carbocycles. The molecule has 0 aromatic rings. The molecule has 11 heavy (non-hydrogen) atoms. The number of hydrogen-bond acceptors (Lipinski definition) is 1. The monoisotopic (exact) mass is 153 g/mol. The molecule has 0 radical (unpaired) electrons. The Morgan fingerprint density at radius 2 is 2.27 bits per heavy atom. The lowest BCUT2D eigenvalue weighted by atomic mass is 9.86. The van der Waals surface area contributed by atoms with E-state index < -0.39 is 0 Å². The third-order valence-corrected chi connectivity index (χ3v) is 2.67. The molecule has 1 fully saturated rings. The van der Waals surface area contributed by atoms with Crippen LogP contribution in [0.15, 0.2) is 11.6 Å². The van der Waals surface area contributed by atoms with E-state index in [0.29, 0.717) is 5.41 Å². The Bertz CT molecular complexity index is 156. The van der Waals surface area contributed by atoms with Crippen LogP contribution in [0.4, 0.5) is 0 Å². The SMILES string of the molecule is CC1(C)CCCC1=CCCN. The third kappa shape index (κ3) is 2.06. The van der Waals surface area contributed by atoms with Gasteiger partial charge in [0.15, 0.2) is 0 Å². The summed E-state index contributed by atoms with van der Waals surface area (Å²) in [6, 6.07) is 0. The Morgan fingerprint density at radius 1 is 1.55 bits per heavy atom. The van der Waals surface area contributed by atoms with Gasteiger partial charge >= 0.3 is 0 Å². The summed E-state index contributed by atoms with van der Waals surface area (Å²) in [6.07, 6.45) is 7.41. The lowest BCUT2D eigenvalue weighted by molar-refractivity contribution is 0.460. The number of allylic oxidation sites excluding steroid dienone is 1. The number of hydrogen-bond donors (Lipinski definition) is 1. The Balaban J connectivity index is 2.57. The summed E-state index contributed by atoms with van der Waals surface area (Å²) in [5.74, 6) is 0. The highest BCUT2D eigenvalue weighted by Crippen LogP contribution is 2.41. The van der Waals surface area contributed by atoms with E-state index in [0.717, 1.165) is 13.0 Å². The number of rotatable bonds is 2. The zero-order valence-corrected chi connectivity index (χ0v) is 7.69. The van der Waals surface area contributed by atoms with Gasteiger partial charge in [-0.25, -0.2) is 0 Å². The molecule has 0 aliphatic heterocycles. The largest absolute Gasteiger partial charge is 0.330 e. The summed E-state index contributed by atoms with van der Waals surface area (Å²) >= 11 is 0. The molecule has 0 spiro atoms. The summed E-state index contributed by atoms with van der Waals surface area (Å²) in [6.45, 7) is 5.46. The van der Waals surface area contributed by atoms with Crippen molar-refractivity contribution in [2.24, 2.45) is 11.1 Å². The molecule has 0 aromatic heterocycles. The van der Waals surface area contributed by atoms with Crippen LogP contribution >= 0.6 is 0 Å². The minimum Gasteiger partial charge on any atom is -0.330 e. The molecule has 2 N–H and O–H groups in total. The van der Waals surface area contributed by atoms with Crippen LogP contribution < -0.4 is 5.73 Å². The Morgan fingerprint density at radius 3 is 2.73 bits per heavy atom. The van der Waals surface area contributed by atoms with Crippen molar-refractivity contribution in [2.75, 3.05) is 6.54 Å². The van der Waals surface area contributed by atoms with Gasteiger partial charge in [0.2, 0.25) is 0 Å². The van der Waals surface area contributed by atoms with E-state index in [1.165, 1.54) is 19.3 Å². The van der Waals surface area contributed by atoms with Crippen LogP contribution in [0.1, 0.15) is 39.5 Å². The zero-order valence-electron chi connectivity index (χ0n) is 7.69. The average molecular weight is 153 g/mol. The predicted molar refractivity (Wildman–Crippen MR) is 49.4 cm³/mol. The predicted octanol–water partition coefficient (Wildman–Crippen LogP) is 2.47. The molecule has 1 aliphatic rings. The van der Waals surface area contributed by atoms with Crippen LogP contribution in [-0.2, 0) is 0 Å². The van der Waals surface area contributed by atoms with Crippen LogP contribution in [0.3, 0.4) is 0 Å². The fourth-order valence-electron chi connectivity index (χ4n) is 1.86. The highest BCUT2D eigenvalue weighted by atomic mass is 14.5. The van der Waals surface area contributed by atoms with Gasteiger partial charge in [0.05, 0.1) is 0 Å². The minimum absolute atomic E-state index is 0.467. The van der Waals surface area contributed by atoms with Gasteiger partial charge in [-0.05, 0) is 37.6 Å². The van der Waals surface area contributed by atoms with E-state index in [2.05, 4.69) is 19.9 Å². The van der Waals surface area contributed by atoms with E-state index in [4.69, 9.17) is 5.73 Å². The van der Waals surface area contributed by atoms with Crippen molar-refractivity contribution < 1.29 is 0 Å². The molecule has 0 bridgehead atoms. The summed E-state index contributed by atoms with van der Waals surface area (Å²) in [5, 5.41) is 0. The van der Waals surface area contributed by atoms with Crippen molar-refractivity contribution in [1.29, 1.82) is 0 Å². The maximum absolute atomic E-state index is 5.45. The van der Waals surface area contributed by atoms with Crippen molar-refractivity contribution in [2.45, 2.75) is 39.5 Å². The maximum Gasteiger partial charge on any atom is -0.00425 e. The molecule has 1 heteroatoms. The van der Waals surface area contributed by atoms with Crippen LogP contribution in [0.2, 0.25) is 0 Å². The summed E-state index contributed by atoms with van der Waals surface area (Å²) in [7, 11) is 0. The molecule has 1 aliphatic carbocycles.